The van der Waals surface area contributed by atoms with Crippen LogP contribution in [0.15, 0.2) is 28.6 Å². The van der Waals surface area contributed by atoms with Gasteiger partial charge in [0.15, 0.2) is 0 Å². The molecule has 2 rings (SSSR count). The topological polar surface area (TPSA) is 92.1 Å². The van der Waals surface area contributed by atoms with Gasteiger partial charge in [0.1, 0.15) is 10.7 Å². The predicted molar refractivity (Wildman–Crippen MR) is 75.4 cm³/mol. The Labute approximate surface area is 116 Å². The summed E-state index contributed by atoms with van der Waals surface area (Å²) < 4.78 is 26.1. The molecule has 19 heavy (non-hydrogen) atoms. The molecule has 2 aromatic heterocycles. The van der Waals surface area contributed by atoms with Crippen LogP contribution in [-0.2, 0) is 16.4 Å². The Bertz CT molecular complexity index is 633. The normalized spacial score (nSPS) is 13.8. The van der Waals surface area contributed by atoms with Crippen LogP contribution in [0.5, 0.6) is 0 Å². The van der Waals surface area contributed by atoms with Gasteiger partial charge in [-0.2, -0.15) is 9.40 Å². The van der Waals surface area contributed by atoms with E-state index in [0.717, 1.165) is 4.88 Å². The van der Waals surface area contributed by atoms with Gasteiger partial charge in [-0.15, -0.1) is 11.3 Å². The molecule has 0 saturated heterocycles. The van der Waals surface area contributed by atoms with E-state index in [1.165, 1.54) is 10.5 Å². The quantitative estimate of drug-likeness (QED) is 0.870. The molecule has 2 heterocycles. The Morgan fingerprint density at radius 1 is 1.58 bits per heavy atom. The smallest absolute Gasteiger partial charge is 0.248 e. The third-order valence-electron chi connectivity index (χ3n) is 2.99. The number of hydrogen-bond acceptors (Lipinski definition) is 5. The van der Waals surface area contributed by atoms with Gasteiger partial charge in [0, 0.05) is 18.0 Å². The Kier molecular flexibility index (Phi) is 3.93. The minimum Gasteiger partial charge on any atom is -0.383 e. The van der Waals surface area contributed by atoms with Crippen molar-refractivity contribution in [1.29, 1.82) is 0 Å². The Morgan fingerprint density at radius 3 is 2.84 bits per heavy atom. The molecule has 0 aliphatic heterocycles. The van der Waals surface area contributed by atoms with Gasteiger partial charge < -0.3 is 5.73 Å². The number of nitrogens with one attached hydrogen (secondary N) is 1. The Hall–Kier alpha value is -1.38. The van der Waals surface area contributed by atoms with Gasteiger partial charge in [0.2, 0.25) is 10.0 Å². The molecular formula is C11H16N4O2S2. The van der Waals surface area contributed by atoms with Crippen molar-refractivity contribution in [2.24, 2.45) is 0 Å². The zero-order valence-electron chi connectivity index (χ0n) is 10.7. The van der Waals surface area contributed by atoms with Gasteiger partial charge in [-0.1, -0.05) is 6.07 Å². The summed E-state index contributed by atoms with van der Waals surface area (Å²) >= 11 is 1.62. The van der Waals surface area contributed by atoms with E-state index < -0.39 is 10.0 Å². The number of rotatable bonds is 5. The first-order valence-electron chi connectivity index (χ1n) is 5.72. The highest BCUT2D eigenvalue weighted by Crippen LogP contribution is 2.22. The number of likely N-dealkylation sites (N-methyl/N-ethyl adjacent to an activating group) is 1. The molecule has 0 aliphatic carbocycles. The molecule has 0 radical (unpaired) electrons. The van der Waals surface area contributed by atoms with Gasteiger partial charge in [-0.05, 0) is 24.8 Å². The zero-order chi connectivity index (χ0) is 14.0. The molecule has 3 N–H and O–H groups in total. The van der Waals surface area contributed by atoms with E-state index in [1.54, 1.807) is 18.4 Å². The van der Waals surface area contributed by atoms with E-state index >= 15 is 0 Å². The molecule has 2 aromatic rings. The summed E-state index contributed by atoms with van der Waals surface area (Å²) in [6.45, 7) is 1.87. The van der Waals surface area contributed by atoms with Crippen molar-refractivity contribution in [3.8, 4) is 0 Å². The number of nitrogen functional groups attached to an aromatic ring is 1. The van der Waals surface area contributed by atoms with Gasteiger partial charge >= 0.3 is 0 Å². The highest BCUT2D eigenvalue weighted by Gasteiger charge is 2.28. The third kappa shape index (κ3) is 2.80. The van der Waals surface area contributed by atoms with E-state index in [0.29, 0.717) is 6.42 Å². The van der Waals surface area contributed by atoms with Crippen LogP contribution in [0.3, 0.4) is 0 Å². The second kappa shape index (κ2) is 5.32. The van der Waals surface area contributed by atoms with Gasteiger partial charge in [0.25, 0.3) is 0 Å². The lowest BCUT2D eigenvalue weighted by molar-refractivity contribution is 0.388. The second-order valence-electron chi connectivity index (χ2n) is 4.30. The molecule has 0 spiro atoms. The average Bonchev–Trinajstić information content (AvgIpc) is 2.99. The number of aromatic amines is 1. The summed E-state index contributed by atoms with van der Waals surface area (Å²) in [7, 11) is -2.05. The van der Waals surface area contributed by atoms with Crippen LogP contribution in [0.4, 0.5) is 5.82 Å². The number of thiophene rings is 1. The molecule has 8 heteroatoms. The van der Waals surface area contributed by atoms with Gasteiger partial charge in [-0.25, -0.2) is 8.42 Å². The average molecular weight is 300 g/mol. The fraction of sp³-hybridized carbons (Fsp3) is 0.364. The van der Waals surface area contributed by atoms with Crippen LogP contribution in [0.25, 0.3) is 0 Å². The maximum absolute atomic E-state index is 12.4. The minimum atomic E-state index is -3.61. The lowest BCUT2D eigenvalue weighted by Gasteiger charge is -2.23. The number of H-pyrrole nitrogens is 1. The minimum absolute atomic E-state index is 0.0213. The number of sulfonamides is 1. The zero-order valence-corrected chi connectivity index (χ0v) is 12.3. The molecule has 0 amide bonds. The summed E-state index contributed by atoms with van der Waals surface area (Å²) in [5, 5.41) is 8.07. The first kappa shape index (κ1) is 14.0. The maximum atomic E-state index is 12.4. The lowest BCUT2D eigenvalue weighted by Crippen LogP contribution is -2.36. The summed E-state index contributed by atoms with van der Waals surface area (Å²) in [5.74, 6) is 0.0650. The number of nitrogens with two attached hydrogens (primary N) is 1. The van der Waals surface area contributed by atoms with Crippen molar-refractivity contribution in [1.82, 2.24) is 14.5 Å². The lowest BCUT2D eigenvalue weighted by atomic mass is 10.2. The predicted octanol–water partition coefficient (Wildman–Crippen LogP) is 1.31. The summed E-state index contributed by atoms with van der Waals surface area (Å²) in [4.78, 5) is 1.17. The van der Waals surface area contributed by atoms with E-state index in [2.05, 4.69) is 10.2 Å². The van der Waals surface area contributed by atoms with Crippen LogP contribution in [-0.4, -0.2) is 36.0 Å². The van der Waals surface area contributed by atoms with Gasteiger partial charge in [0.05, 0.1) is 6.20 Å². The Balaban J connectivity index is 2.19. The second-order valence-corrected chi connectivity index (χ2v) is 7.30. The van der Waals surface area contributed by atoms with Gasteiger partial charge in [-0.3, -0.25) is 5.10 Å². The molecule has 6 nitrogen and oxygen atoms in total. The van der Waals surface area contributed by atoms with Crippen molar-refractivity contribution < 1.29 is 8.42 Å². The molecular weight excluding hydrogens is 284 g/mol. The first-order chi connectivity index (χ1) is 8.93. The standard InChI is InChI=1S/C11H16N4O2S2/c1-8(6-9-4-3-5-18-9)15(2)19(16,17)10-7-13-14-11(10)12/h3-5,7-8H,6H2,1-2H3,(H3,12,13,14). The van der Waals surface area contributed by atoms with E-state index in [9.17, 15) is 8.42 Å². The van der Waals surface area contributed by atoms with Crippen LogP contribution < -0.4 is 5.73 Å². The molecule has 0 saturated carbocycles. The molecule has 0 bridgehead atoms. The molecule has 0 aliphatic rings. The molecule has 104 valence electrons. The van der Waals surface area contributed by atoms with E-state index in [4.69, 9.17) is 5.73 Å². The number of anilines is 1. The van der Waals surface area contributed by atoms with Crippen molar-refractivity contribution in [3.05, 3.63) is 28.6 Å². The molecule has 1 atom stereocenters. The number of aromatic nitrogens is 2. The molecule has 0 fully saturated rings. The van der Waals surface area contributed by atoms with E-state index in [-0.39, 0.29) is 16.8 Å². The van der Waals surface area contributed by atoms with Crippen molar-refractivity contribution in [2.75, 3.05) is 12.8 Å². The SMILES string of the molecule is CC(Cc1cccs1)N(C)S(=O)(=O)c1cn[nH]c1N. The van der Waals surface area contributed by atoms with Crippen LogP contribution in [0, 0.1) is 0 Å². The highest BCUT2D eigenvalue weighted by molar-refractivity contribution is 7.89. The van der Waals surface area contributed by atoms with E-state index in [1.807, 2.05) is 24.4 Å². The molecule has 1 unspecified atom stereocenters. The third-order valence-corrected chi connectivity index (χ3v) is 5.88. The molecule has 0 aromatic carbocycles. The van der Waals surface area contributed by atoms with Crippen molar-refractivity contribution in [3.63, 3.8) is 0 Å². The Morgan fingerprint density at radius 2 is 2.32 bits per heavy atom. The van der Waals surface area contributed by atoms with Crippen molar-refractivity contribution >= 4 is 27.2 Å². The van der Waals surface area contributed by atoms with Crippen LogP contribution in [0.1, 0.15) is 11.8 Å². The summed E-state index contributed by atoms with van der Waals surface area (Å²) in [5.41, 5.74) is 5.58. The van der Waals surface area contributed by atoms with Crippen molar-refractivity contribution in [2.45, 2.75) is 24.3 Å². The first-order valence-corrected chi connectivity index (χ1v) is 8.04. The maximum Gasteiger partial charge on any atom is 0.248 e. The number of nitrogens with zero attached hydrogens (tertiary/aromatic N) is 2. The fourth-order valence-electron chi connectivity index (χ4n) is 1.73. The van der Waals surface area contributed by atoms with Crippen LogP contribution >= 0.6 is 11.3 Å². The summed E-state index contributed by atoms with van der Waals surface area (Å²) in [6, 6.07) is 3.79. The summed E-state index contributed by atoms with van der Waals surface area (Å²) in [6.07, 6.45) is 1.91. The largest absolute Gasteiger partial charge is 0.383 e. The fourth-order valence-corrected chi connectivity index (χ4v) is 3.93. The highest BCUT2D eigenvalue weighted by atomic mass is 32.2. The number of hydrogen-bond donors (Lipinski definition) is 2. The van der Waals surface area contributed by atoms with Crippen LogP contribution in [0.2, 0.25) is 0 Å². The monoisotopic (exact) mass is 300 g/mol.